The van der Waals surface area contributed by atoms with E-state index >= 15 is 4.79 Å². The number of carbonyl (C=O) groups excluding carboxylic acids is 8. The number of carbonyl (C=O) groups is 8. The molecule has 0 bridgehead atoms. The van der Waals surface area contributed by atoms with Crippen LogP contribution in [0.3, 0.4) is 0 Å². The number of hydrogen-bond donors (Lipinski definition) is 8. The predicted octanol–water partition coefficient (Wildman–Crippen LogP) is 6.80. The largest absolute Gasteiger partial charge is 0.489 e. The Labute approximate surface area is 526 Å². The number of benzene rings is 4. The molecular weight excluding hydrogens is 1120 g/mol. The number of amides is 8. The molecule has 1 fully saturated rings. The molecule has 0 aromatic heterocycles. The third kappa shape index (κ3) is 16.4. The molecule has 89 heavy (non-hydrogen) atoms. The van der Waals surface area contributed by atoms with Gasteiger partial charge in [0, 0.05) is 31.1 Å². The normalized spacial score (nSPS) is 20.8. The number of nitrogens with one attached hydrogen (secondary N) is 8. The first kappa shape index (κ1) is 67.3. The van der Waals surface area contributed by atoms with Crippen LogP contribution in [0.15, 0.2) is 91.0 Å². The standard InChI is InChI=1S/C70H96N10O9/c1-14-72-42(3)61(82)76-57(68(4,5)6)65(86)78-59(70(10,11)12)66(87)79-38-48-35-50(34-33-47(48)36-55(79)63(84)74-53-27-19-23-44-21-15-17-25-51(44)53)89-40-43-29-31-46(32-30-43)62(83)73-49-37-56(64(85)75-54-28-20-24-45-22-16-18-26-52(45)54)80(39-49)67(88)58(69(7,8)9)77-60(81)41(2)71-13/h15-18,21-22,25-26,29-35,41-42,49,53-59,71-72H,14,19-20,23-24,27-28,36-40H2,1-13H3,(H,73,83)(H,74,84)(H,75,85)(H,76,82)(H,77,81)(H,78,86)/t41-,42-,49?,53+,54?,55?,56?,57+,58+,59+/m0/s1. The summed E-state index contributed by atoms with van der Waals surface area (Å²) < 4.78 is 6.39. The van der Waals surface area contributed by atoms with Gasteiger partial charge in [-0.2, -0.15) is 0 Å². The first-order chi connectivity index (χ1) is 42.1. The minimum atomic E-state index is -1.09. The van der Waals surface area contributed by atoms with Crippen molar-refractivity contribution < 1.29 is 43.1 Å². The second-order valence-corrected chi connectivity index (χ2v) is 28.0. The van der Waals surface area contributed by atoms with Gasteiger partial charge in [-0.25, -0.2) is 0 Å². The van der Waals surface area contributed by atoms with Gasteiger partial charge < -0.3 is 57.1 Å². The zero-order valence-corrected chi connectivity index (χ0v) is 54.5. The van der Waals surface area contributed by atoms with Crippen molar-refractivity contribution in [2.75, 3.05) is 20.1 Å². The van der Waals surface area contributed by atoms with Gasteiger partial charge in [0.25, 0.3) is 5.91 Å². The molecule has 8 rings (SSSR count). The maximum absolute atomic E-state index is 15.4. The van der Waals surface area contributed by atoms with E-state index in [0.717, 1.165) is 66.3 Å². The van der Waals surface area contributed by atoms with Gasteiger partial charge in [0.1, 0.15) is 42.6 Å². The summed E-state index contributed by atoms with van der Waals surface area (Å²) in [6.07, 6.45) is 5.53. The second-order valence-electron chi connectivity index (χ2n) is 28.0. The van der Waals surface area contributed by atoms with Crippen LogP contribution in [0.5, 0.6) is 5.75 Å². The van der Waals surface area contributed by atoms with Crippen LogP contribution in [0.2, 0.25) is 0 Å². The van der Waals surface area contributed by atoms with Crippen molar-refractivity contribution in [2.45, 2.75) is 208 Å². The minimum Gasteiger partial charge on any atom is -0.489 e. The highest BCUT2D eigenvalue weighted by Crippen LogP contribution is 2.36. The summed E-state index contributed by atoms with van der Waals surface area (Å²) in [7, 11) is 1.67. The molecule has 4 aromatic rings. The molecule has 8 amide bonds. The SMILES string of the molecule is CCN[C@@H](C)C(=O)N[C@H](C(=O)N[C@H](C(=O)N1Cc2cc(OCc3ccc(C(=O)NC4CC(C(=O)NC5CCCc6ccccc65)N(C(=O)[C@@H](NC(=O)[C@H](C)NC)C(C)(C)C)C4)cc3)ccc2CC1C(=O)N[C@@H]1CCCc2ccccc21)C(C)(C)C)C(C)(C)C. The molecule has 10 atom stereocenters. The lowest BCUT2D eigenvalue weighted by Crippen LogP contribution is -2.64. The number of fused-ring (bicyclic) bond motifs is 3. The fourth-order valence-electron chi connectivity index (χ4n) is 12.7. The number of hydrogen-bond acceptors (Lipinski definition) is 11. The average Bonchev–Trinajstić information content (AvgIpc) is 1.75. The fraction of sp³-hybridized carbons (Fsp3) is 0.543. The molecule has 19 nitrogen and oxygen atoms in total. The first-order valence-electron chi connectivity index (χ1n) is 31.9. The highest BCUT2D eigenvalue weighted by molar-refractivity contribution is 5.98. The number of likely N-dealkylation sites (N-methyl/N-ethyl adjacent to an activating group) is 2. The van der Waals surface area contributed by atoms with Gasteiger partial charge in [0.15, 0.2) is 0 Å². The summed E-state index contributed by atoms with van der Waals surface area (Å²) in [5, 5.41) is 24.6. The van der Waals surface area contributed by atoms with Gasteiger partial charge in [0.2, 0.25) is 41.4 Å². The zero-order valence-electron chi connectivity index (χ0n) is 54.5. The molecule has 0 radical (unpaired) electrons. The Balaban J connectivity index is 0.978. The van der Waals surface area contributed by atoms with E-state index in [1.807, 2.05) is 124 Å². The van der Waals surface area contributed by atoms with E-state index in [9.17, 15) is 33.6 Å². The molecule has 0 spiro atoms. The Kier molecular flexibility index (Phi) is 21.5. The number of nitrogens with zero attached hydrogens (tertiary/aromatic N) is 2. The lowest BCUT2D eigenvalue weighted by Gasteiger charge is -2.42. The van der Waals surface area contributed by atoms with Crippen molar-refractivity contribution in [3.8, 4) is 5.75 Å². The van der Waals surface area contributed by atoms with Gasteiger partial charge in [-0.1, -0.05) is 136 Å². The van der Waals surface area contributed by atoms with Crippen LogP contribution in [0, 0.1) is 16.2 Å². The van der Waals surface area contributed by atoms with Crippen LogP contribution >= 0.6 is 0 Å². The number of rotatable bonds is 20. The third-order valence-electron chi connectivity index (χ3n) is 18.1. The van der Waals surface area contributed by atoms with Crippen molar-refractivity contribution >= 4 is 47.3 Å². The molecular formula is C70H96N10O9. The lowest BCUT2D eigenvalue weighted by atomic mass is 9.82. The molecule has 0 saturated carbocycles. The monoisotopic (exact) mass is 1220 g/mol. The molecule has 2 heterocycles. The second kappa shape index (κ2) is 28.5. The maximum Gasteiger partial charge on any atom is 0.251 e. The van der Waals surface area contributed by atoms with Crippen molar-refractivity contribution in [3.63, 3.8) is 0 Å². The quantitative estimate of drug-likeness (QED) is 0.0457. The van der Waals surface area contributed by atoms with E-state index in [1.54, 1.807) is 50.1 Å². The lowest BCUT2D eigenvalue weighted by molar-refractivity contribution is -0.148. The molecule has 4 aliphatic rings. The van der Waals surface area contributed by atoms with Gasteiger partial charge in [-0.3, -0.25) is 38.4 Å². The molecule has 480 valence electrons. The highest BCUT2D eigenvalue weighted by Gasteiger charge is 2.48. The zero-order chi connectivity index (χ0) is 64.7. The van der Waals surface area contributed by atoms with E-state index < -0.39 is 82.3 Å². The van der Waals surface area contributed by atoms with Gasteiger partial charge in [0.05, 0.1) is 24.2 Å². The van der Waals surface area contributed by atoms with Crippen LogP contribution in [-0.2, 0) is 66.0 Å². The molecule has 4 unspecified atom stereocenters. The van der Waals surface area contributed by atoms with Crippen LogP contribution in [0.25, 0.3) is 0 Å². The number of likely N-dealkylation sites (tertiary alicyclic amines) is 1. The Hall–Kier alpha value is -7.64. The molecule has 19 heteroatoms. The van der Waals surface area contributed by atoms with Crippen molar-refractivity contribution in [3.05, 3.63) is 136 Å². The predicted molar refractivity (Wildman–Crippen MR) is 343 cm³/mol. The molecule has 4 aromatic carbocycles. The minimum absolute atomic E-state index is 0.0493. The summed E-state index contributed by atoms with van der Waals surface area (Å²) in [5.41, 5.74) is 5.01. The number of aryl methyl sites for hydroxylation is 2. The smallest absolute Gasteiger partial charge is 0.251 e. The van der Waals surface area contributed by atoms with Crippen molar-refractivity contribution in [1.29, 1.82) is 0 Å². The van der Waals surface area contributed by atoms with Gasteiger partial charge >= 0.3 is 0 Å². The van der Waals surface area contributed by atoms with E-state index in [0.29, 0.717) is 17.9 Å². The highest BCUT2D eigenvalue weighted by atomic mass is 16.5. The van der Waals surface area contributed by atoms with E-state index in [4.69, 9.17) is 4.74 Å². The Morgan fingerprint density at radius 1 is 0.573 bits per heavy atom. The van der Waals surface area contributed by atoms with E-state index in [1.165, 1.54) is 16.0 Å². The Bertz CT molecular complexity index is 3240. The summed E-state index contributed by atoms with van der Waals surface area (Å²) in [6.45, 7) is 22.9. The first-order valence-corrected chi connectivity index (χ1v) is 31.9. The number of ether oxygens (including phenoxy) is 1. The Morgan fingerprint density at radius 3 is 1.64 bits per heavy atom. The van der Waals surface area contributed by atoms with Crippen LogP contribution in [-0.4, -0.2) is 126 Å². The summed E-state index contributed by atoms with van der Waals surface area (Å²) >= 11 is 0. The average molecular weight is 1220 g/mol. The van der Waals surface area contributed by atoms with Crippen molar-refractivity contribution in [1.82, 2.24) is 52.3 Å². The molecule has 1 saturated heterocycles. The topological polar surface area (TPSA) is 249 Å². The maximum atomic E-state index is 15.4. The molecule has 8 N–H and O–H groups in total. The van der Waals surface area contributed by atoms with Gasteiger partial charge in [-0.15, -0.1) is 0 Å². The van der Waals surface area contributed by atoms with E-state index in [-0.39, 0.29) is 74.2 Å². The van der Waals surface area contributed by atoms with Crippen LogP contribution < -0.4 is 47.3 Å². The summed E-state index contributed by atoms with van der Waals surface area (Å²) in [5.74, 6) is -2.51. The molecule has 2 aliphatic carbocycles. The summed E-state index contributed by atoms with van der Waals surface area (Å²) in [4.78, 5) is 118. The van der Waals surface area contributed by atoms with Gasteiger partial charge in [-0.05, 0) is 152 Å². The molecule has 2 aliphatic heterocycles. The van der Waals surface area contributed by atoms with Crippen molar-refractivity contribution in [2.24, 2.45) is 16.2 Å². The summed E-state index contributed by atoms with van der Waals surface area (Å²) in [6, 6.07) is 21.8. The van der Waals surface area contributed by atoms with E-state index in [2.05, 4.69) is 54.7 Å². The fourth-order valence-corrected chi connectivity index (χ4v) is 12.7. The third-order valence-corrected chi connectivity index (χ3v) is 18.1. The Morgan fingerprint density at radius 2 is 1.09 bits per heavy atom. The van der Waals surface area contributed by atoms with Crippen LogP contribution in [0.4, 0.5) is 0 Å². The van der Waals surface area contributed by atoms with Crippen LogP contribution in [0.1, 0.15) is 177 Å².